The molecular weight excluding hydrogens is 178 g/mol. The zero-order valence-electron chi connectivity index (χ0n) is 7.42. The number of aromatic amines is 1. The van der Waals surface area contributed by atoms with Gasteiger partial charge in [0, 0.05) is 12.4 Å². The molecule has 0 atom stereocenters. The average molecular weight is 187 g/mol. The number of nitrogens with one attached hydrogen (secondary N) is 1. The van der Waals surface area contributed by atoms with E-state index in [9.17, 15) is 4.79 Å². The molecule has 1 aromatic heterocycles. The Hall–Kier alpha value is -2.10. The van der Waals surface area contributed by atoms with E-state index in [1.54, 1.807) is 12.4 Å². The van der Waals surface area contributed by atoms with Crippen LogP contribution in [0.5, 0.6) is 0 Å². The van der Waals surface area contributed by atoms with Crippen LogP contribution < -0.4 is 4.90 Å². The first-order valence-electron chi connectivity index (χ1n) is 4.21. The third-order valence-electron chi connectivity index (χ3n) is 1.85. The number of rotatable bonds is 3. The van der Waals surface area contributed by atoms with Gasteiger partial charge in [-0.2, -0.15) is 0 Å². The van der Waals surface area contributed by atoms with Gasteiger partial charge >= 0.3 is 0 Å². The van der Waals surface area contributed by atoms with Gasteiger partial charge in [0.1, 0.15) is 0 Å². The molecule has 70 valence electrons. The van der Waals surface area contributed by atoms with E-state index < -0.39 is 0 Å². The van der Waals surface area contributed by atoms with E-state index in [1.807, 2.05) is 30.3 Å². The summed E-state index contributed by atoms with van der Waals surface area (Å²) < 4.78 is 0. The molecule has 2 aromatic rings. The second kappa shape index (κ2) is 3.74. The highest BCUT2D eigenvalue weighted by Gasteiger charge is 2.08. The van der Waals surface area contributed by atoms with Crippen LogP contribution in [-0.2, 0) is 4.79 Å². The molecule has 1 aromatic carbocycles. The van der Waals surface area contributed by atoms with Crippen molar-refractivity contribution in [1.29, 1.82) is 0 Å². The third kappa shape index (κ3) is 1.50. The first kappa shape index (κ1) is 8.50. The lowest BCUT2D eigenvalue weighted by atomic mass is 10.3. The monoisotopic (exact) mass is 187 g/mol. The molecule has 0 fully saturated rings. The van der Waals surface area contributed by atoms with E-state index >= 15 is 0 Å². The standard InChI is InChI=1S/C10H9N3O/c14-8-13(10-11-6-7-12-10)9-4-2-1-3-5-9/h1-8H,(H,11,12). The summed E-state index contributed by atoms with van der Waals surface area (Å²) in [6, 6.07) is 9.33. The molecule has 1 heterocycles. The van der Waals surface area contributed by atoms with Crippen molar-refractivity contribution in [2.24, 2.45) is 0 Å². The SMILES string of the molecule is O=CN(c1ccccc1)c1ncc[nH]1. The summed E-state index contributed by atoms with van der Waals surface area (Å²) in [5.41, 5.74) is 0.789. The molecule has 1 amide bonds. The van der Waals surface area contributed by atoms with Gasteiger partial charge in [-0.05, 0) is 12.1 Å². The van der Waals surface area contributed by atoms with Crippen molar-refractivity contribution < 1.29 is 4.79 Å². The van der Waals surface area contributed by atoms with Gasteiger partial charge in [-0.1, -0.05) is 18.2 Å². The number of imidazole rings is 1. The van der Waals surface area contributed by atoms with Crippen molar-refractivity contribution >= 4 is 18.0 Å². The summed E-state index contributed by atoms with van der Waals surface area (Å²) in [5.74, 6) is 0.520. The largest absolute Gasteiger partial charge is 0.330 e. The summed E-state index contributed by atoms with van der Waals surface area (Å²) in [6.07, 6.45) is 4.01. The predicted molar refractivity (Wildman–Crippen MR) is 53.2 cm³/mol. The van der Waals surface area contributed by atoms with Gasteiger partial charge < -0.3 is 4.98 Å². The fraction of sp³-hybridized carbons (Fsp3) is 0. The Kier molecular flexibility index (Phi) is 2.27. The molecule has 0 saturated heterocycles. The van der Waals surface area contributed by atoms with E-state index in [1.165, 1.54) is 4.90 Å². The maximum Gasteiger partial charge on any atom is 0.221 e. The molecule has 4 heteroatoms. The number of H-pyrrole nitrogens is 1. The van der Waals surface area contributed by atoms with E-state index in [0.717, 1.165) is 12.1 Å². The van der Waals surface area contributed by atoms with Gasteiger partial charge in [-0.25, -0.2) is 4.98 Å². The maximum atomic E-state index is 10.9. The van der Waals surface area contributed by atoms with E-state index in [4.69, 9.17) is 0 Å². The molecule has 0 aliphatic rings. The zero-order chi connectivity index (χ0) is 9.80. The van der Waals surface area contributed by atoms with Crippen LogP contribution in [0.4, 0.5) is 11.6 Å². The summed E-state index contributed by atoms with van der Waals surface area (Å²) >= 11 is 0. The normalized spacial score (nSPS) is 9.71. The lowest BCUT2D eigenvalue weighted by molar-refractivity contribution is -0.106. The van der Waals surface area contributed by atoms with E-state index in [0.29, 0.717) is 5.95 Å². The summed E-state index contributed by atoms with van der Waals surface area (Å²) in [7, 11) is 0. The predicted octanol–water partition coefficient (Wildman–Crippen LogP) is 1.70. The number of aromatic nitrogens is 2. The Morgan fingerprint density at radius 3 is 2.64 bits per heavy atom. The van der Waals surface area contributed by atoms with Crippen LogP contribution in [-0.4, -0.2) is 16.4 Å². The molecule has 0 aliphatic carbocycles. The van der Waals surface area contributed by atoms with Gasteiger partial charge in [0.25, 0.3) is 0 Å². The average Bonchev–Trinajstić information content (AvgIpc) is 2.74. The van der Waals surface area contributed by atoms with Gasteiger partial charge in [-0.15, -0.1) is 0 Å². The molecule has 4 nitrogen and oxygen atoms in total. The molecule has 0 bridgehead atoms. The number of anilines is 2. The van der Waals surface area contributed by atoms with Gasteiger partial charge in [0.05, 0.1) is 5.69 Å². The number of hydrogen-bond donors (Lipinski definition) is 1. The lowest BCUT2D eigenvalue weighted by Gasteiger charge is -2.13. The highest BCUT2D eigenvalue weighted by molar-refractivity contribution is 5.83. The van der Waals surface area contributed by atoms with Crippen molar-refractivity contribution in [1.82, 2.24) is 9.97 Å². The molecule has 0 radical (unpaired) electrons. The number of hydrogen-bond acceptors (Lipinski definition) is 2. The Morgan fingerprint density at radius 2 is 2.07 bits per heavy atom. The Bertz CT molecular complexity index is 397. The Labute approximate surface area is 81.2 Å². The molecule has 1 N–H and O–H groups in total. The first-order valence-corrected chi connectivity index (χ1v) is 4.21. The Balaban J connectivity index is 2.36. The van der Waals surface area contributed by atoms with Crippen LogP contribution in [0.15, 0.2) is 42.7 Å². The zero-order valence-corrected chi connectivity index (χ0v) is 7.42. The van der Waals surface area contributed by atoms with Crippen molar-refractivity contribution in [2.75, 3.05) is 4.90 Å². The maximum absolute atomic E-state index is 10.9. The minimum Gasteiger partial charge on any atom is -0.330 e. The molecule has 0 spiro atoms. The van der Waals surface area contributed by atoms with Crippen LogP contribution in [0.3, 0.4) is 0 Å². The Morgan fingerprint density at radius 1 is 1.29 bits per heavy atom. The molecule has 2 rings (SSSR count). The highest BCUT2D eigenvalue weighted by atomic mass is 16.1. The highest BCUT2D eigenvalue weighted by Crippen LogP contribution is 2.18. The summed E-state index contributed by atoms with van der Waals surface area (Å²) in [5, 5.41) is 0. The van der Waals surface area contributed by atoms with Crippen molar-refractivity contribution in [3.05, 3.63) is 42.7 Å². The lowest BCUT2D eigenvalue weighted by Crippen LogP contribution is -2.15. The van der Waals surface area contributed by atoms with Crippen molar-refractivity contribution in [3.63, 3.8) is 0 Å². The van der Waals surface area contributed by atoms with Gasteiger partial charge in [0.15, 0.2) is 0 Å². The minimum atomic E-state index is 0.520. The van der Waals surface area contributed by atoms with Crippen LogP contribution >= 0.6 is 0 Å². The summed E-state index contributed by atoms with van der Waals surface area (Å²) in [4.78, 5) is 19.2. The van der Waals surface area contributed by atoms with Gasteiger partial charge in [0.2, 0.25) is 12.4 Å². The quantitative estimate of drug-likeness (QED) is 0.743. The molecular formula is C10H9N3O. The third-order valence-corrected chi connectivity index (χ3v) is 1.85. The molecule has 14 heavy (non-hydrogen) atoms. The molecule has 0 aliphatic heterocycles. The summed E-state index contributed by atoms with van der Waals surface area (Å²) in [6.45, 7) is 0. The smallest absolute Gasteiger partial charge is 0.221 e. The van der Waals surface area contributed by atoms with Crippen molar-refractivity contribution in [3.8, 4) is 0 Å². The van der Waals surface area contributed by atoms with E-state index in [-0.39, 0.29) is 0 Å². The van der Waals surface area contributed by atoms with Crippen LogP contribution in [0.25, 0.3) is 0 Å². The fourth-order valence-corrected chi connectivity index (χ4v) is 1.21. The second-order valence-corrected chi connectivity index (χ2v) is 2.72. The molecule has 0 saturated carbocycles. The van der Waals surface area contributed by atoms with Crippen LogP contribution in [0, 0.1) is 0 Å². The number of nitrogens with zero attached hydrogens (tertiary/aromatic N) is 2. The number of carbonyl (C=O) groups is 1. The molecule has 0 unspecified atom stereocenters. The number of carbonyl (C=O) groups excluding carboxylic acids is 1. The van der Waals surface area contributed by atoms with Gasteiger partial charge in [-0.3, -0.25) is 9.69 Å². The van der Waals surface area contributed by atoms with Crippen molar-refractivity contribution in [2.45, 2.75) is 0 Å². The van der Waals surface area contributed by atoms with Crippen LogP contribution in [0.1, 0.15) is 0 Å². The van der Waals surface area contributed by atoms with Crippen LogP contribution in [0.2, 0.25) is 0 Å². The minimum absolute atomic E-state index is 0.520. The first-order chi connectivity index (χ1) is 6.92. The number of amides is 1. The fourth-order valence-electron chi connectivity index (χ4n) is 1.21. The van der Waals surface area contributed by atoms with E-state index in [2.05, 4.69) is 9.97 Å². The number of para-hydroxylation sites is 1. The second-order valence-electron chi connectivity index (χ2n) is 2.72. The topological polar surface area (TPSA) is 49.0 Å². The number of benzene rings is 1.